The lowest BCUT2D eigenvalue weighted by atomic mass is 9.49. The summed E-state index contributed by atoms with van der Waals surface area (Å²) >= 11 is 3.82. The predicted molar refractivity (Wildman–Crippen MR) is 118 cm³/mol. The molecule has 3 fully saturated rings. The van der Waals surface area contributed by atoms with E-state index in [0.717, 1.165) is 19.3 Å². The van der Waals surface area contributed by atoms with Crippen LogP contribution in [-0.4, -0.2) is 39.0 Å². The number of Topliss-reactive ketones (excluding diaryl/α,β-unsaturated/α-hetero) is 1. The third-order valence-electron chi connectivity index (χ3n) is 7.48. The normalized spacial score (nSPS) is 38.3. The van der Waals surface area contributed by atoms with Gasteiger partial charge in [-0.25, -0.2) is 0 Å². The van der Waals surface area contributed by atoms with Crippen LogP contribution < -0.4 is 0 Å². The molecule has 6 heteroatoms. The Labute approximate surface area is 174 Å². The van der Waals surface area contributed by atoms with E-state index >= 15 is 0 Å². The minimum absolute atomic E-state index is 0.0387. The number of hydrogen-bond acceptors (Lipinski definition) is 5. The van der Waals surface area contributed by atoms with Gasteiger partial charge in [0.05, 0.1) is 9.83 Å². The first-order valence-electron chi connectivity index (χ1n) is 10.8. The van der Waals surface area contributed by atoms with Crippen LogP contribution in [0.25, 0.3) is 0 Å². The van der Waals surface area contributed by atoms with Crippen LogP contribution in [0.1, 0.15) is 78.6 Å². The van der Waals surface area contributed by atoms with Gasteiger partial charge >= 0.3 is 7.12 Å². The highest BCUT2D eigenvalue weighted by molar-refractivity contribution is 8.17. The lowest BCUT2D eigenvalue weighted by Crippen LogP contribution is -2.49. The molecule has 3 aliphatic rings. The largest absolute Gasteiger partial charge is 0.454 e. The number of fused-ring (bicyclic) bond motifs is 1. The van der Waals surface area contributed by atoms with E-state index in [2.05, 4.69) is 27.0 Å². The third-order valence-corrected chi connectivity index (χ3v) is 10.8. The van der Waals surface area contributed by atoms with E-state index in [4.69, 9.17) is 0 Å². The fourth-order valence-corrected chi connectivity index (χ4v) is 9.85. The number of rotatable bonds is 4. The maximum atomic E-state index is 13.4. The maximum absolute atomic E-state index is 13.4. The molecule has 2 N–H and O–H groups in total. The van der Waals surface area contributed by atoms with Crippen molar-refractivity contribution in [3.8, 4) is 0 Å². The highest BCUT2D eigenvalue weighted by Gasteiger charge is 2.63. The molecule has 2 saturated carbocycles. The molecule has 1 heterocycles. The van der Waals surface area contributed by atoms with Crippen LogP contribution in [0, 0.1) is 22.7 Å². The molecular weight excluding hydrogens is 375 g/mol. The van der Waals surface area contributed by atoms with Crippen molar-refractivity contribution in [2.24, 2.45) is 22.7 Å². The molecule has 27 heavy (non-hydrogen) atoms. The maximum Gasteiger partial charge on any atom is 0.454 e. The Morgan fingerprint density at radius 2 is 1.70 bits per heavy atom. The lowest BCUT2D eigenvalue weighted by molar-refractivity contribution is -0.128. The average molecular weight is 412 g/mol. The second kappa shape index (κ2) is 8.61. The van der Waals surface area contributed by atoms with Crippen LogP contribution in [0.15, 0.2) is 0 Å². The molecular formula is C21H37BO3S2. The first-order chi connectivity index (χ1) is 12.7. The van der Waals surface area contributed by atoms with Crippen molar-refractivity contribution >= 4 is 36.4 Å². The van der Waals surface area contributed by atoms with Gasteiger partial charge < -0.3 is 10.0 Å². The highest BCUT2D eigenvalue weighted by atomic mass is 32.2. The van der Waals surface area contributed by atoms with Crippen molar-refractivity contribution in [3.63, 3.8) is 0 Å². The monoisotopic (exact) mass is 412 g/mol. The first kappa shape index (κ1) is 22.0. The second-order valence-corrected chi connectivity index (χ2v) is 12.6. The average Bonchev–Trinajstić information content (AvgIpc) is 2.75. The SMILES string of the molecule is CSC1SC(C(=O)C(C)(C)C)C2CCC(B(O)O)CC12C1CCCCCC1. The quantitative estimate of drug-likeness (QED) is 0.502. The number of thioether (sulfide) groups is 2. The zero-order valence-corrected chi connectivity index (χ0v) is 19.1. The number of carbonyl (C=O) groups excluding carboxylic acids is 1. The Morgan fingerprint density at radius 3 is 2.22 bits per heavy atom. The zero-order valence-electron chi connectivity index (χ0n) is 17.4. The van der Waals surface area contributed by atoms with E-state index in [9.17, 15) is 14.8 Å². The van der Waals surface area contributed by atoms with Crippen LogP contribution >= 0.6 is 23.5 Å². The molecule has 154 valence electrons. The Balaban J connectivity index is 2.00. The molecule has 5 atom stereocenters. The summed E-state index contributed by atoms with van der Waals surface area (Å²) in [6.45, 7) is 6.16. The molecule has 0 amide bonds. The van der Waals surface area contributed by atoms with E-state index in [1.165, 1.54) is 38.5 Å². The van der Waals surface area contributed by atoms with Gasteiger partial charge in [-0.1, -0.05) is 52.9 Å². The zero-order chi connectivity index (χ0) is 19.8. The van der Waals surface area contributed by atoms with Gasteiger partial charge in [0.1, 0.15) is 0 Å². The second-order valence-electron chi connectivity index (χ2n) is 10.1. The van der Waals surface area contributed by atoms with Crippen molar-refractivity contribution in [2.75, 3.05) is 6.26 Å². The molecule has 0 aromatic carbocycles. The molecule has 3 rings (SSSR count). The summed E-state index contributed by atoms with van der Waals surface area (Å²) < 4.78 is 0.392. The van der Waals surface area contributed by atoms with E-state index in [1.54, 1.807) is 0 Å². The summed E-state index contributed by atoms with van der Waals surface area (Å²) in [6, 6.07) is 0. The minimum atomic E-state index is -1.22. The molecule has 0 aromatic rings. The predicted octanol–water partition coefficient (Wildman–Crippen LogP) is 5.01. The Bertz CT molecular complexity index is 528. The molecule has 0 aromatic heterocycles. The summed E-state index contributed by atoms with van der Waals surface area (Å²) in [4.78, 5) is 13.4. The van der Waals surface area contributed by atoms with Crippen molar-refractivity contribution in [1.82, 2.24) is 0 Å². The van der Waals surface area contributed by atoms with Gasteiger partial charge in [0.2, 0.25) is 0 Å². The number of hydrogen-bond donors (Lipinski definition) is 2. The van der Waals surface area contributed by atoms with Gasteiger partial charge in [0, 0.05) is 5.41 Å². The van der Waals surface area contributed by atoms with Crippen LogP contribution in [0.4, 0.5) is 0 Å². The van der Waals surface area contributed by atoms with Crippen molar-refractivity contribution in [2.45, 2.75) is 94.2 Å². The summed E-state index contributed by atoms with van der Waals surface area (Å²) in [6.07, 6.45) is 12.6. The van der Waals surface area contributed by atoms with Gasteiger partial charge in [0.15, 0.2) is 5.78 Å². The fraction of sp³-hybridized carbons (Fsp3) is 0.952. The highest BCUT2D eigenvalue weighted by Crippen LogP contribution is 2.68. The lowest BCUT2D eigenvalue weighted by Gasteiger charge is -2.51. The number of ketones is 1. The van der Waals surface area contributed by atoms with Gasteiger partial charge in [-0.15, -0.1) is 11.8 Å². The summed E-state index contributed by atoms with van der Waals surface area (Å²) in [5, 5.41) is 20.1. The standard InChI is InChI=1S/C21H37BO3S2/c1-20(2,3)18(23)17-16-12-11-15(22(24)25)13-21(16,19(26-4)27-17)14-9-7-5-6-8-10-14/h14-17,19,24-25H,5-13H2,1-4H3. The smallest absolute Gasteiger partial charge is 0.427 e. The van der Waals surface area contributed by atoms with E-state index in [-0.39, 0.29) is 21.9 Å². The van der Waals surface area contributed by atoms with Gasteiger partial charge in [0.25, 0.3) is 0 Å². The summed E-state index contributed by atoms with van der Waals surface area (Å²) in [5.74, 6) is 1.37. The topological polar surface area (TPSA) is 57.5 Å². The van der Waals surface area contributed by atoms with Crippen LogP contribution in [0.2, 0.25) is 5.82 Å². The van der Waals surface area contributed by atoms with E-state index < -0.39 is 7.12 Å². The van der Waals surface area contributed by atoms with Gasteiger partial charge in [-0.2, -0.15) is 11.8 Å². The molecule has 1 aliphatic heterocycles. The minimum Gasteiger partial charge on any atom is -0.427 e. The van der Waals surface area contributed by atoms with Gasteiger partial charge in [-0.05, 0) is 55.0 Å². The third kappa shape index (κ3) is 4.15. The van der Waals surface area contributed by atoms with Crippen LogP contribution in [0.3, 0.4) is 0 Å². The molecule has 0 spiro atoms. The fourth-order valence-electron chi connectivity index (χ4n) is 6.11. The molecule has 0 bridgehead atoms. The van der Waals surface area contributed by atoms with Gasteiger partial charge in [-0.3, -0.25) is 4.79 Å². The first-order valence-corrected chi connectivity index (χ1v) is 13.0. The van der Waals surface area contributed by atoms with Crippen molar-refractivity contribution in [1.29, 1.82) is 0 Å². The van der Waals surface area contributed by atoms with E-state index in [1.807, 2.05) is 23.5 Å². The molecule has 0 radical (unpaired) electrons. The van der Waals surface area contributed by atoms with Crippen molar-refractivity contribution in [3.05, 3.63) is 0 Å². The number of carbonyl (C=O) groups is 1. The van der Waals surface area contributed by atoms with E-state index in [0.29, 0.717) is 22.2 Å². The summed E-state index contributed by atoms with van der Waals surface area (Å²) in [7, 11) is -1.22. The molecule has 2 aliphatic carbocycles. The molecule has 1 saturated heterocycles. The summed E-state index contributed by atoms with van der Waals surface area (Å²) in [5.41, 5.74) is -0.236. The van der Waals surface area contributed by atoms with Crippen molar-refractivity contribution < 1.29 is 14.8 Å². The van der Waals surface area contributed by atoms with Crippen LogP contribution in [-0.2, 0) is 4.79 Å². The Hall–Kier alpha value is 0.355. The molecule has 3 nitrogen and oxygen atoms in total. The Kier molecular flexibility index (Phi) is 7.03. The Morgan fingerprint density at radius 1 is 1.07 bits per heavy atom. The van der Waals surface area contributed by atoms with Crippen LogP contribution in [0.5, 0.6) is 0 Å². The molecule has 5 unspecified atom stereocenters.